The largest absolute Gasteiger partial charge is 0.346 e. The number of amides is 1. The second-order valence-corrected chi connectivity index (χ2v) is 5.37. The maximum atomic E-state index is 11.9. The highest BCUT2D eigenvalue weighted by molar-refractivity contribution is 7.10. The maximum Gasteiger partial charge on any atom is 0.265 e. The van der Waals surface area contributed by atoms with E-state index >= 15 is 0 Å². The average Bonchev–Trinajstić information content (AvgIpc) is 2.94. The molecule has 0 aromatic carbocycles. The van der Waals surface area contributed by atoms with Gasteiger partial charge in [0.05, 0.1) is 12.2 Å². The summed E-state index contributed by atoms with van der Waals surface area (Å²) in [6, 6.07) is 2.05. The molecular weight excluding hydrogens is 254 g/mol. The summed E-state index contributed by atoms with van der Waals surface area (Å²) < 4.78 is 3.81. The highest BCUT2D eigenvalue weighted by Gasteiger charge is 2.14. The van der Waals surface area contributed by atoms with Gasteiger partial charge in [0.25, 0.3) is 5.91 Å². The number of nitrogens with one attached hydrogen (secondary N) is 1. The Morgan fingerprint density at radius 1 is 1.53 bits per heavy atom. The summed E-state index contributed by atoms with van der Waals surface area (Å²) in [6.07, 6.45) is 0.733. The van der Waals surface area contributed by atoms with Gasteiger partial charge in [-0.2, -0.15) is 0 Å². The summed E-state index contributed by atoms with van der Waals surface area (Å²) in [5.74, 6) is -0.0790. The molecule has 4 nitrogen and oxygen atoms in total. The predicted molar refractivity (Wildman–Crippen MR) is 69.5 cm³/mol. The van der Waals surface area contributed by atoms with Crippen molar-refractivity contribution < 1.29 is 4.79 Å². The molecule has 0 unspecified atom stereocenters. The Kier molecular flexibility index (Phi) is 3.86. The van der Waals surface area contributed by atoms with Gasteiger partial charge in [-0.25, -0.2) is 0 Å². The molecule has 6 heteroatoms. The third kappa shape index (κ3) is 2.70. The van der Waals surface area contributed by atoms with Gasteiger partial charge in [-0.3, -0.25) is 4.79 Å². The van der Waals surface area contributed by atoms with Crippen LogP contribution in [0, 0.1) is 6.92 Å². The zero-order valence-electron chi connectivity index (χ0n) is 9.69. The van der Waals surface area contributed by atoms with Crippen LogP contribution in [0.5, 0.6) is 0 Å². The lowest BCUT2D eigenvalue weighted by molar-refractivity contribution is 0.0954. The van der Waals surface area contributed by atoms with Crippen LogP contribution in [0.15, 0.2) is 11.4 Å². The van der Waals surface area contributed by atoms with Crippen LogP contribution in [0.2, 0.25) is 0 Å². The van der Waals surface area contributed by atoms with Crippen LogP contribution < -0.4 is 5.32 Å². The molecule has 0 spiro atoms. The van der Waals surface area contributed by atoms with Crippen LogP contribution in [0.1, 0.15) is 32.7 Å². The Balaban J connectivity index is 2.01. The molecule has 0 atom stereocenters. The molecule has 0 radical (unpaired) electrons. The summed E-state index contributed by atoms with van der Waals surface area (Å²) in [5.41, 5.74) is 1.99. The molecule has 2 rings (SSSR count). The fourth-order valence-electron chi connectivity index (χ4n) is 1.44. The molecule has 0 saturated heterocycles. The molecule has 2 aromatic rings. The molecule has 0 aliphatic heterocycles. The van der Waals surface area contributed by atoms with Crippen molar-refractivity contribution in [3.63, 3.8) is 0 Å². The van der Waals surface area contributed by atoms with E-state index in [2.05, 4.69) is 21.0 Å². The molecule has 0 fully saturated rings. The first-order chi connectivity index (χ1) is 8.22. The third-order valence-electron chi connectivity index (χ3n) is 2.47. The van der Waals surface area contributed by atoms with E-state index in [0.29, 0.717) is 11.4 Å². The van der Waals surface area contributed by atoms with Crippen molar-refractivity contribution >= 4 is 28.8 Å². The SMILES string of the molecule is CCc1nnsc1C(=O)NCc1sccc1C. The highest BCUT2D eigenvalue weighted by atomic mass is 32.1. The Morgan fingerprint density at radius 3 is 3.00 bits per heavy atom. The van der Waals surface area contributed by atoms with E-state index in [1.807, 2.05) is 19.2 Å². The number of carbonyl (C=O) groups is 1. The quantitative estimate of drug-likeness (QED) is 0.925. The van der Waals surface area contributed by atoms with Crippen LogP contribution in [-0.2, 0) is 13.0 Å². The lowest BCUT2D eigenvalue weighted by Gasteiger charge is -2.03. The number of hydrogen-bond acceptors (Lipinski definition) is 5. The monoisotopic (exact) mass is 267 g/mol. The van der Waals surface area contributed by atoms with E-state index in [4.69, 9.17) is 0 Å². The van der Waals surface area contributed by atoms with Crippen molar-refractivity contribution in [1.29, 1.82) is 0 Å². The smallest absolute Gasteiger partial charge is 0.265 e. The first kappa shape index (κ1) is 12.2. The van der Waals surface area contributed by atoms with Crippen molar-refractivity contribution in [2.75, 3.05) is 0 Å². The van der Waals surface area contributed by atoms with Crippen molar-refractivity contribution in [3.05, 3.63) is 32.5 Å². The Hall–Kier alpha value is -1.27. The molecule has 2 aromatic heterocycles. The first-order valence-corrected chi connectivity index (χ1v) is 7.00. The van der Waals surface area contributed by atoms with Crippen LogP contribution >= 0.6 is 22.9 Å². The third-order valence-corrected chi connectivity index (χ3v) is 4.26. The normalized spacial score (nSPS) is 10.5. The second kappa shape index (κ2) is 5.37. The fourth-order valence-corrected chi connectivity index (χ4v) is 2.95. The zero-order valence-corrected chi connectivity index (χ0v) is 11.3. The van der Waals surface area contributed by atoms with Crippen LogP contribution in [0.25, 0.3) is 0 Å². The lowest BCUT2D eigenvalue weighted by Crippen LogP contribution is -2.22. The van der Waals surface area contributed by atoms with Crippen LogP contribution in [-0.4, -0.2) is 15.5 Å². The molecule has 90 valence electrons. The van der Waals surface area contributed by atoms with Gasteiger partial charge in [0.15, 0.2) is 0 Å². The molecule has 17 heavy (non-hydrogen) atoms. The fraction of sp³-hybridized carbons (Fsp3) is 0.364. The number of hydrogen-bond donors (Lipinski definition) is 1. The molecule has 1 N–H and O–H groups in total. The van der Waals surface area contributed by atoms with Gasteiger partial charge in [-0.1, -0.05) is 11.4 Å². The summed E-state index contributed by atoms with van der Waals surface area (Å²) in [5, 5.41) is 8.86. The summed E-state index contributed by atoms with van der Waals surface area (Å²) in [4.78, 5) is 13.7. The molecule has 0 bridgehead atoms. The molecule has 0 aliphatic rings. The van der Waals surface area contributed by atoms with E-state index in [1.165, 1.54) is 10.4 Å². The van der Waals surface area contributed by atoms with Crippen molar-refractivity contribution in [2.24, 2.45) is 0 Å². The zero-order chi connectivity index (χ0) is 12.3. The van der Waals surface area contributed by atoms with Crippen molar-refractivity contribution in [3.8, 4) is 0 Å². The summed E-state index contributed by atoms with van der Waals surface area (Å²) >= 11 is 2.81. The van der Waals surface area contributed by atoms with Crippen LogP contribution in [0.3, 0.4) is 0 Å². The Morgan fingerprint density at radius 2 is 2.35 bits per heavy atom. The Bertz CT molecular complexity index is 518. The number of aromatic nitrogens is 2. The average molecular weight is 267 g/mol. The highest BCUT2D eigenvalue weighted by Crippen LogP contribution is 2.16. The van der Waals surface area contributed by atoms with Gasteiger partial charge >= 0.3 is 0 Å². The van der Waals surface area contributed by atoms with Gasteiger partial charge < -0.3 is 5.32 Å². The molecule has 0 saturated carbocycles. The van der Waals surface area contributed by atoms with E-state index in [9.17, 15) is 4.79 Å². The first-order valence-electron chi connectivity index (χ1n) is 5.34. The standard InChI is InChI=1S/C11H13N3OS2/c1-3-8-10(17-14-13-8)11(15)12-6-9-7(2)4-5-16-9/h4-5H,3,6H2,1-2H3,(H,12,15). The second-order valence-electron chi connectivity index (χ2n) is 3.61. The van der Waals surface area contributed by atoms with Gasteiger partial charge in [-0.05, 0) is 41.9 Å². The maximum absolute atomic E-state index is 11.9. The predicted octanol–water partition coefficient (Wildman–Crippen LogP) is 2.40. The minimum Gasteiger partial charge on any atom is -0.346 e. The van der Waals surface area contributed by atoms with Gasteiger partial charge in [0.2, 0.25) is 0 Å². The number of thiophene rings is 1. The van der Waals surface area contributed by atoms with E-state index in [-0.39, 0.29) is 5.91 Å². The van der Waals surface area contributed by atoms with Crippen molar-refractivity contribution in [2.45, 2.75) is 26.8 Å². The van der Waals surface area contributed by atoms with Gasteiger partial charge in [0, 0.05) is 4.88 Å². The van der Waals surface area contributed by atoms with E-state index in [1.54, 1.807) is 11.3 Å². The van der Waals surface area contributed by atoms with E-state index < -0.39 is 0 Å². The number of rotatable bonds is 4. The lowest BCUT2D eigenvalue weighted by atomic mass is 10.2. The number of carbonyl (C=O) groups excluding carboxylic acids is 1. The van der Waals surface area contributed by atoms with Crippen LogP contribution in [0.4, 0.5) is 0 Å². The van der Waals surface area contributed by atoms with Gasteiger partial charge in [-0.15, -0.1) is 16.4 Å². The summed E-state index contributed by atoms with van der Waals surface area (Å²) in [7, 11) is 0. The van der Waals surface area contributed by atoms with Gasteiger partial charge in [0.1, 0.15) is 4.88 Å². The number of nitrogens with zero attached hydrogens (tertiary/aromatic N) is 2. The molecule has 1 amide bonds. The molecule has 2 heterocycles. The van der Waals surface area contributed by atoms with E-state index in [0.717, 1.165) is 23.6 Å². The van der Waals surface area contributed by atoms with Crippen molar-refractivity contribution in [1.82, 2.24) is 14.9 Å². The minimum atomic E-state index is -0.0790. The summed E-state index contributed by atoms with van der Waals surface area (Å²) in [6.45, 7) is 4.59. The number of aryl methyl sites for hydroxylation is 2. The Labute approximate surface area is 108 Å². The molecule has 0 aliphatic carbocycles. The topological polar surface area (TPSA) is 54.9 Å². The minimum absolute atomic E-state index is 0.0790. The molecular formula is C11H13N3OS2.